The Balaban J connectivity index is 0.00000364. The molecule has 1 heterocycles. The van der Waals surface area contributed by atoms with Crippen molar-refractivity contribution in [1.29, 1.82) is 0 Å². The van der Waals surface area contributed by atoms with Gasteiger partial charge in [-0.1, -0.05) is 37.3 Å². The van der Waals surface area contributed by atoms with Gasteiger partial charge in [0.1, 0.15) is 0 Å². The van der Waals surface area contributed by atoms with Gasteiger partial charge in [0.05, 0.1) is 6.54 Å². The summed E-state index contributed by atoms with van der Waals surface area (Å²) in [7, 11) is 0. The summed E-state index contributed by atoms with van der Waals surface area (Å²) in [6.45, 7) is 5.56. The van der Waals surface area contributed by atoms with Crippen LogP contribution >= 0.6 is 24.0 Å². The first-order valence-corrected chi connectivity index (χ1v) is 9.26. The van der Waals surface area contributed by atoms with E-state index in [4.69, 9.17) is 0 Å². The maximum Gasteiger partial charge on any atom is 0.401 e. The van der Waals surface area contributed by atoms with Crippen LogP contribution in [0, 0.1) is 0 Å². The van der Waals surface area contributed by atoms with Gasteiger partial charge in [-0.25, -0.2) is 0 Å². The van der Waals surface area contributed by atoms with E-state index >= 15 is 0 Å². The molecular weight excluding hydrogens is 468 g/mol. The third-order valence-electron chi connectivity index (χ3n) is 4.56. The van der Waals surface area contributed by atoms with E-state index in [1.165, 1.54) is 10.5 Å². The summed E-state index contributed by atoms with van der Waals surface area (Å²) in [6.07, 6.45) is -2.52. The van der Waals surface area contributed by atoms with E-state index in [0.717, 1.165) is 13.0 Å². The highest BCUT2D eigenvalue weighted by molar-refractivity contribution is 14.0. The van der Waals surface area contributed by atoms with Crippen molar-refractivity contribution in [2.75, 3.05) is 32.7 Å². The number of halogens is 4. The number of rotatable bonds is 7. The number of benzene rings is 1. The molecule has 8 heteroatoms. The zero-order chi connectivity index (χ0) is 19.0. The third kappa shape index (κ3) is 9.14. The number of nitrogens with zero attached hydrogens (tertiary/aromatic N) is 2. The molecule has 0 aliphatic carbocycles. The highest BCUT2D eigenvalue weighted by Crippen LogP contribution is 2.20. The Morgan fingerprint density at radius 1 is 1.30 bits per heavy atom. The molecule has 1 saturated heterocycles. The molecule has 1 aliphatic heterocycles. The quantitative estimate of drug-likeness (QED) is 0.340. The number of guanidine groups is 1. The lowest BCUT2D eigenvalue weighted by atomic mass is 9.98. The van der Waals surface area contributed by atoms with Crippen molar-refractivity contribution >= 4 is 29.9 Å². The number of hydrogen-bond acceptors (Lipinski definition) is 2. The predicted molar refractivity (Wildman–Crippen MR) is 115 cm³/mol. The fourth-order valence-corrected chi connectivity index (χ4v) is 3.18. The van der Waals surface area contributed by atoms with Gasteiger partial charge in [-0.15, -0.1) is 24.0 Å². The maximum absolute atomic E-state index is 12.5. The molecule has 0 saturated carbocycles. The fraction of sp³-hybridized carbons (Fsp3) is 0.632. The molecule has 154 valence electrons. The molecule has 1 aliphatic rings. The van der Waals surface area contributed by atoms with Gasteiger partial charge in [0.2, 0.25) is 0 Å². The van der Waals surface area contributed by atoms with Crippen molar-refractivity contribution in [2.24, 2.45) is 4.99 Å². The summed E-state index contributed by atoms with van der Waals surface area (Å²) in [4.78, 5) is 6.04. The highest BCUT2D eigenvalue weighted by atomic mass is 127. The number of alkyl halides is 3. The van der Waals surface area contributed by atoms with Crippen molar-refractivity contribution in [3.63, 3.8) is 0 Å². The van der Waals surface area contributed by atoms with Gasteiger partial charge in [0, 0.05) is 32.2 Å². The van der Waals surface area contributed by atoms with Gasteiger partial charge >= 0.3 is 6.18 Å². The van der Waals surface area contributed by atoms with Crippen LogP contribution in [-0.4, -0.2) is 55.8 Å². The first-order chi connectivity index (χ1) is 12.4. The molecule has 1 aromatic carbocycles. The lowest BCUT2D eigenvalue weighted by Gasteiger charge is -2.20. The van der Waals surface area contributed by atoms with Gasteiger partial charge in [0.15, 0.2) is 5.96 Å². The number of hydrogen-bond donors (Lipinski definition) is 2. The Kier molecular flexibility index (Phi) is 10.4. The van der Waals surface area contributed by atoms with Crippen molar-refractivity contribution in [2.45, 2.75) is 44.8 Å². The summed E-state index contributed by atoms with van der Waals surface area (Å²) >= 11 is 0. The van der Waals surface area contributed by atoms with E-state index in [0.29, 0.717) is 37.9 Å². The van der Waals surface area contributed by atoms with Gasteiger partial charge in [-0.3, -0.25) is 9.89 Å². The largest absolute Gasteiger partial charge is 0.401 e. The van der Waals surface area contributed by atoms with Gasteiger partial charge in [-0.2, -0.15) is 13.2 Å². The Morgan fingerprint density at radius 2 is 2.00 bits per heavy atom. The van der Waals surface area contributed by atoms with Crippen molar-refractivity contribution in [3.05, 3.63) is 35.9 Å². The normalized spacial score (nSPS) is 19.4. The lowest BCUT2D eigenvalue weighted by Crippen LogP contribution is -2.45. The topological polar surface area (TPSA) is 39.7 Å². The lowest BCUT2D eigenvalue weighted by molar-refractivity contribution is -0.143. The van der Waals surface area contributed by atoms with Crippen LogP contribution in [0.5, 0.6) is 0 Å². The van der Waals surface area contributed by atoms with Crippen LogP contribution in [-0.2, 0) is 0 Å². The van der Waals surface area contributed by atoms with Crippen LogP contribution < -0.4 is 10.6 Å². The zero-order valence-corrected chi connectivity index (χ0v) is 18.3. The smallest absolute Gasteiger partial charge is 0.357 e. The van der Waals surface area contributed by atoms with Crippen molar-refractivity contribution in [1.82, 2.24) is 15.5 Å². The van der Waals surface area contributed by atoms with Crippen LogP contribution in [0.3, 0.4) is 0 Å². The molecule has 2 unspecified atom stereocenters. The monoisotopic (exact) mass is 498 g/mol. The molecule has 0 radical (unpaired) electrons. The molecule has 2 atom stereocenters. The van der Waals surface area contributed by atoms with E-state index < -0.39 is 12.7 Å². The molecule has 4 nitrogen and oxygen atoms in total. The molecule has 2 N–H and O–H groups in total. The molecule has 0 aromatic heterocycles. The maximum atomic E-state index is 12.5. The molecule has 0 spiro atoms. The first-order valence-electron chi connectivity index (χ1n) is 9.26. The summed E-state index contributed by atoms with van der Waals surface area (Å²) in [5.74, 6) is 1.10. The zero-order valence-electron chi connectivity index (χ0n) is 15.9. The summed E-state index contributed by atoms with van der Waals surface area (Å²) in [5.41, 5.74) is 1.29. The van der Waals surface area contributed by atoms with Crippen LogP contribution in [0.15, 0.2) is 35.3 Å². The average molecular weight is 498 g/mol. The van der Waals surface area contributed by atoms with Crippen LogP contribution in [0.4, 0.5) is 13.2 Å². The van der Waals surface area contributed by atoms with E-state index in [-0.39, 0.29) is 30.0 Å². The van der Waals surface area contributed by atoms with E-state index in [1.54, 1.807) is 0 Å². The number of likely N-dealkylation sites (tertiary alicyclic amines) is 1. The van der Waals surface area contributed by atoms with Gasteiger partial charge in [-0.05, 0) is 31.2 Å². The van der Waals surface area contributed by atoms with Crippen molar-refractivity contribution in [3.8, 4) is 0 Å². The Labute approximate surface area is 177 Å². The third-order valence-corrected chi connectivity index (χ3v) is 4.56. The number of aliphatic imine (C=N–C) groups is 1. The molecule has 1 fully saturated rings. The molecule has 27 heavy (non-hydrogen) atoms. The Bertz CT molecular complexity index is 566. The van der Waals surface area contributed by atoms with E-state index in [1.807, 2.05) is 25.1 Å². The standard InChI is InChI=1S/C19H29F3N4.HI/c1-3-23-18(24-11-9-15(2)16-7-5-4-6-8-16)25-17-10-12-26(13-17)14-19(20,21)22;/h4-8,15,17H,3,9-14H2,1-2H3,(H2,23,24,25);1H. The average Bonchev–Trinajstić information content (AvgIpc) is 3.00. The minimum Gasteiger partial charge on any atom is -0.357 e. The summed E-state index contributed by atoms with van der Waals surface area (Å²) in [5, 5.41) is 6.46. The summed E-state index contributed by atoms with van der Waals surface area (Å²) < 4.78 is 37.5. The van der Waals surface area contributed by atoms with Crippen LogP contribution in [0.1, 0.15) is 38.2 Å². The fourth-order valence-electron chi connectivity index (χ4n) is 3.18. The minimum atomic E-state index is -4.14. The predicted octanol–water partition coefficient (Wildman–Crippen LogP) is 3.99. The second-order valence-electron chi connectivity index (χ2n) is 6.84. The Morgan fingerprint density at radius 3 is 2.63 bits per heavy atom. The number of nitrogens with one attached hydrogen (secondary N) is 2. The summed E-state index contributed by atoms with van der Waals surface area (Å²) in [6, 6.07) is 10.3. The molecule has 0 bridgehead atoms. The van der Waals surface area contributed by atoms with Gasteiger partial charge in [0.25, 0.3) is 0 Å². The van der Waals surface area contributed by atoms with E-state index in [2.05, 4.69) is 34.7 Å². The highest BCUT2D eigenvalue weighted by Gasteiger charge is 2.34. The first kappa shape index (κ1) is 24.0. The molecular formula is C19H30F3IN4. The van der Waals surface area contributed by atoms with E-state index in [9.17, 15) is 13.2 Å². The van der Waals surface area contributed by atoms with Crippen LogP contribution in [0.2, 0.25) is 0 Å². The second kappa shape index (κ2) is 11.7. The molecule has 2 rings (SSSR count). The van der Waals surface area contributed by atoms with Gasteiger partial charge < -0.3 is 10.6 Å². The minimum absolute atomic E-state index is 0. The second-order valence-corrected chi connectivity index (χ2v) is 6.84. The van der Waals surface area contributed by atoms with Crippen LogP contribution in [0.25, 0.3) is 0 Å². The molecule has 1 aromatic rings. The Hall–Kier alpha value is -1.03. The molecule has 0 amide bonds. The SMILES string of the molecule is CCNC(=NCCC(C)c1ccccc1)NC1CCN(CC(F)(F)F)C1.I. The van der Waals surface area contributed by atoms with Crippen molar-refractivity contribution < 1.29 is 13.2 Å².